The van der Waals surface area contributed by atoms with Crippen LogP contribution in [0.3, 0.4) is 0 Å². The van der Waals surface area contributed by atoms with Gasteiger partial charge in [-0.15, -0.1) is 0 Å². The highest BCUT2D eigenvalue weighted by Gasteiger charge is 2.15. The average Bonchev–Trinajstić information content (AvgIpc) is 2.97. The van der Waals surface area contributed by atoms with Crippen LogP contribution >= 0.6 is 11.6 Å². The van der Waals surface area contributed by atoms with Gasteiger partial charge in [0.15, 0.2) is 11.5 Å². The molecule has 2 amide bonds. The number of hydrogen-bond acceptors (Lipinski definition) is 4. The van der Waals surface area contributed by atoms with Crippen molar-refractivity contribution in [3.63, 3.8) is 0 Å². The number of carbonyl (C=O) groups is 1. The zero-order valence-electron chi connectivity index (χ0n) is 16.7. The van der Waals surface area contributed by atoms with E-state index in [-0.39, 0.29) is 6.03 Å². The van der Waals surface area contributed by atoms with Crippen LogP contribution in [0.4, 0.5) is 16.2 Å². The van der Waals surface area contributed by atoms with Crippen molar-refractivity contribution in [3.05, 3.63) is 64.4 Å². The molecule has 1 aromatic heterocycles. The number of halogens is 1. The number of ether oxygens (including phenoxy) is 2. The summed E-state index contributed by atoms with van der Waals surface area (Å²) in [6, 6.07) is 12.3. The number of aryl methyl sites for hydroxylation is 1. The fourth-order valence-corrected chi connectivity index (χ4v) is 3.12. The lowest BCUT2D eigenvalue weighted by atomic mass is 10.2. The van der Waals surface area contributed by atoms with Gasteiger partial charge < -0.3 is 20.1 Å². The number of nitrogens with zero attached hydrogens (tertiary/aromatic N) is 2. The van der Waals surface area contributed by atoms with E-state index >= 15 is 0 Å². The standard InChI is InChI=1S/C21H23ClN4O3/c1-13-20(24-21(27)23-17-8-6-16(22)7-9-17)14(2)26(25-13)12-15-5-10-18(28-3)19(11-15)29-4/h5-11H,12H2,1-4H3,(H2,23,24,27). The number of rotatable bonds is 6. The lowest BCUT2D eigenvalue weighted by molar-refractivity contribution is 0.262. The topological polar surface area (TPSA) is 77.4 Å². The van der Waals surface area contributed by atoms with Gasteiger partial charge in [0.1, 0.15) is 0 Å². The molecule has 3 aromatic rings. The second-order valence-electron chi connectivity index (χ2n) is 6.48. The van der Waals surface area contributed by atoms with Gasteiger partial charge in [-0.3, -0.25) is 4.68 Å². The molecule has 1 heterocycles. The Morgan fingerprint density at radius 3 is 2.38 bits per heavy atom. The third-order valence-corrected chi connectivity index (χ3v) is 4.75. The molecule has 8 heteroatoms. The van der Waals surface area contributed by atoms with E-state index in [2.05, 4.69) is 15.7 Å². The highest BCUT2D eigenvalue weighted by atomic mass is 35.5. The van der Waals surface area contributed by atoms with Crippen LogP contribution in [0.25, 0.3) is 0 Å². The first kappa shape index (κ1) is 20.5. The molecule has 0 spiro atoms. The predicted octanol–water partition coefficient (Wildman–Crippen LogP) is 4.86. The molecule has 0 saturated heterocycles. The van der Waals surface area contributed by atoms with Crippen LogP contribution in [0.5, 0.6) is 11.5 Å². The average molecular weight is 415 g/mol. The number of amides is 2. The molecule has 0 aliphatic heterocycles. The lowest BCUT2D eigenvalue weighted by Gasteiger charge is -2.11. The van der Waals surface area contributed by atoms with Crippen LogP contribution in [0.1, 0.15) is 17.0 Å². The molecule has 0 fully saturated rings. The maximum atomic E-state index is 12.4. The lowest BCUT2D eigenvalue weighted by Crippen LogP contribution is -2.20. The quantitative estimate of drug-likeness (QED) is 0.603. The van der Waals surface area contributed by atoms with Crippen molar-refractivity contribution in [2.45, 2.75) is 20.4 Å². The Kier molecular flexibility index (Phi) is 6.29. The van der Waals surface area contributed by atoms with Crippen molar-refractivity contribution in [2.75, 3.05) is 24.9 Å². The van der Waals surface area contributed by atoms with Gasteiger partial charge in [-0.1, -0.05) is 17.7 Å². The summed E-state index contributed by atoms with van der Waals surface area (Å²) in [6.45, 7) is 4.31. The largest absolute Gasteiger partial charge is 0.493 e. The summed E-state index contributed by atoms with van der Waals surface area (Å²) in [7, 11) is 3.21. The number of anilines is 2. The van der Waals surface area contributed by atoms with E-state index in [4.69, 9.17) is 21.1 Å². The zero-order chi connectivity index (χ0) is 21.0. The van der Waals surface area contributed by atoms with E-state index in [0.717, 1.165) is 17.0 Å². The van der Waals surface area contributed by atoms with Crippen LogP contribution < -0.4 is 20.1 Å². The number of benzene rings is 2. The molecule has 3 rings (SSSR count). The fourth-order valence-electron chi connectivity index (χ4n) is 2.99. The van der Waals surface area contributed by atoms with Gasteiger partial charge in [0.05, 0.1) is 37.8 Å². The number of methoxy groups -OCH3 is 2. The molecule has 0 unspecified atom stereocenters. The third kappa shape index (κ3) is 4.81. The summed E-state index contributed by atoms with van der Waals surface area (Å²) in [5, 5.41) is 10.8. The maximum absolute atomic E-state index is 12.4. The van der Waals surface area contributed by atoms with E-state index in [1.54, 1.807) is 38.5 Å². The van der Waals surface area contributed by atoms with Crippen molar-refractivity contribution < 1.29 is 14.3 Å². The molecule has 2 N–H and O–H groups in total. The molecule has 152 valence electrons. The molecule has 0 bridgehead atoms. The molecule has 0 saturated carbocycles. The van der Waals surface area contributed by atoms with Gasteiger partial charge in [0.2, 0.25) is 0 Å². The zero-order valence-corrected chi connectivity index (χ0v) is 17.5. The number of nitrogens with one attached hydrogen (secondary N) is 2. The van der Waals surface area contributed by atoms with E-state index in [9.17, 15) is 4.79 Å². The Morgan fingerprint density at radius 2 is 1.72 bits per heavy atom. The number of aromatic nitrogens is 2. The molecule has 0 atom stereocenters. The third-order valence-electron chi connectivity index (χ3n) is 4.50. The summed E-state index contributed by atoms with van der Waals surface area (Å²) < 4.78 is 12.5. The Labute approximate surface area is 174 Å². The SMILES string of the molecule is COc1ccc(Cn2nc(C)c(NC(=O)Nc3ccc(Cl)cc3)c2C)cc1OC. The Hall–Kier alpha value is -3.19. The first-order chi connectivity index (χ1) is 13.9. The summed E-state index contributed by atoms with van der Waals surface area (Å²) in [5.74, 6) is 1.33. The van der Waals surface area contributed by atoms with Gasteiger partial charge in [-0.05, 0) is 55.8 Å². The van der Waals surface area contributed by atoms with Crippen molar-refractivity contribution in [3.8, 4) is 11.5 Å². The minimum Gasteiger partial charge on any atom is -0.493 e. The van der Waals surface area contributed by atoms with Crippen LogP contribution in [-0.2, 0) is 6.54 Å². The maximum Gasteiger partial charge on any atom is 0.323 e. The van der Waals surface area contributed by atoms with Crippen molar-refractivity contribution >= 4 is 29.0 Å². The second kappa shape index (κ2) is 8.87. The molecule has 0 aliphatic carbocycles. The number of hydrogen-bond donors (Lipinski definition) is 2. The van der Waals surface area contributed by atoms with E-state index < -0.39 is 0 Å². The van der Waals surface area contributed by atoms with Crippen molar-refractivity contribution in [1.29, 1.82) is 0 Å². The van der Waals surface area contributed by atoms with Gasteiger partial charge in [-0.25, -0.2) is 4.79 Å². The van der Waals surface area contributed by atoms with Crippen LogP contribution in [0, 0.1) is 13.8 Å². The van der Waals surface area contributed by atoms with Gasteiger partial charge in [-0.2, -0.15) is 5.10 Å². The summed E-state index contributed by atoms with van der Waals surface area (Å²) >= 11 is 5.87. The van der Waals surface area contributed by atoms with Crippen LogP contribution in [0.2, 0.25) is 5.02 Å². The highest BCUT2D eigenvalue weighted by Crippen LogP contribution is 2.28. The Bertz CT molecular complexity index is 1020. The van der Waals surface area contributed by atoms with Crippen LogP contribution in [-0.4, -0.2) is 30.0 Å². The van der Waals surface area contributed by atoms with Gasteiger partial charge in [0, 0.05) is 10.7 Å². The molecule has 0 radical (unpaired) electrons. The fraction of sp³-hybridized carbons (Fsp3) is 0.238. The summed E-state index contributed by atoms with van der Waals surface area (Å²) in [5.41, 5.74) is 3.92. The Balaban J connectivity index is 1.74. The molecule has 0 aliphatic rings. The minimum atomic E-state index is -0.343. The van der Waals surface area contributed by atoms with E-state index in [1.165, 1.54) is 0 Å². The first-order valence-corrected chi connectivity index (χ1v) is 9.37. The second-order valence-corrected chi connectivity index (χ2v) is 6.92. The normalized spacial score (nSPS) is 10.5. The van der Waals surface area contributed by atoms with Crippen molar-refractivity contribution in [2.24, 2.45) is 0 Å². The van der Waals surface area contributed by atoms with Crippen LogP contribution in [0.15, 0.2) is 42.5 Å². The summed E-state index contributed by atoms with van der Waals surface area (Å²) in [6.07, 6.45) is 0. The highest BCUT2D eigenvalue weighted by molar-refractivity contribution is 6.30. The Morgan fingerprint density at radius 1 is 1.03 bits per heavy atom. The molecular formula is C21H23ClN4O3. The monoisotopic (exact) mass is 414 g/mol. The molecular weight excluding hydrogens is 392 g/mol. The summed E-state index contributed by atoms with van der Waals surface area (Å²) in [4.78, 5) is 12.4. The van der Waals surface area contributed by atoms with E-state index in [1.807, 2.05) is 36.7 Å². The smallest absolute Gasteiger partial charge is 0.323 e. The molecule has 7 nitrogen and oxygen atoms in total. The minimum absolute atomic E-state index is 0.343. The van der Waals surface area contributed by atoms with Gasteiger partial charge >= 0.3 is 6.03 Å². The molecule has 2 aromatic carbocycles. The van der Waals surface area contributed by atoms with Gasteiger partial charge in [0.25, 0.3) is 0 Å². The van der Waals surface area contributed by atoms with Crippen molar-refractivity contribution in [1.82, 2.24) is 9.78 Å². The predicted molar refractivity (Wildman–Crippen MR) is 114 cm³/mol. The molecule has 29 heavy (non-hydrogen) atoms. The number of urea groups is 1. The first-order valence-electron chi connectivity index (χ1n) is 8.99. The number of carbonyl (C=O) groups excluding carboxylic acids is 1. The van der Waals surface area contributed by atoms with E-state index in [0.29, 0.717) is 34.4 Å².